The molecule has 13 rings (SSSR count). The van der Waals surface area contributed by atoms with Gasteiger partial charge in [0.05, 0.1) is 40.1 Å². The van der Waals surface area contributed by atoms with E-state index in [-0.39, 0.29) is 0 Å². The van der Waals surface area contributed by atoms with Crippen molar-refractivity contribution in [2.24, 2.45) is 0 Å². The summed E-state index contributed by atoms with van der Waals surface area (Å²) in [6.07, 6.45) is 5.56. The van der Waals surface area contributed by atoms with Crippen LogP contribution in [0.3, 0.4) is 0 Å². The predicted molar refractivity (Wildman–Crippen MR) is 243 cm³/mol. The highest BCUT2D eigenvalue weighted by Crippen LogP contribution is 2.54. The van der Waals surface area contributed by atoms with E-state index in [2.05, 4.69) is 111 Å². The maximum atomic E-state index is 11.7. The molecule has 8 aromatic carbocycles. The van der Waals surface area contributed by atoms with Gasteiger partial charge in [0.15, 0.2) is 0 Å². The van der Waals surface area contributed by atoms with E-state index in [9.17, 15) is 5.26 Å². The number of benzene rings is 8. The van der Waals surface area contributed by atoms with Gasteiger partial charge in [-0.2, -0.15) is 5.26 Å². The first-order valence-corrected chi connectivity index (χ1v) is 19.8. The van der Waals surface area contributed by atoms with E-state index in [1.807, 2.05) is 73.2 Å². The molecule has 0 saturated heterocycles. The smallest absolute Gasteiger partial charge is 0.220 e. The minimum atomic E-state index is 0.368. The van der Waals surface area contributed by atoms with Crippen molar-refractivity contribution in [1.29, 1.82) is 5.26 Å². The average Bonchev–Trinajstić information content (AvgIpc) is 3.84. The lowest BCUT2D eigenvalue weighted by Crippen LogP contribution is -2.09. The van der Waals surface area contributed by atoms with E-state index in [1.165, 1.54) is 0 Å². The van der Waals surface area contributed by atoms with E-state index in [4.69, 9.17) is 21.5 Å². The summed E-state index contributed by atoms with van der Waals surface area (Å²) < 4.78 is 4.35. The molecule has 5 heterocycles. The molecular weight excluding hydrogens is 735 g/mol. The van der Waals surface area contributed by atoms with Crippen LogP contribution in [0.5, 0.6) is 0 Å². The highest BCUT2D eigenvalue weighted by atomic mass is 15.1. The Bertz CT molecular complexity index is 3620. The monoisotopic (exact) mass is 761 g/mol. The van der Waals surface area contributed by atoms with Crippen molar-refractivity contribution in [3.8, 4) is 39.7 Å². The first-order chi connectivity index (χ1) is 29.8. The molecule has 0 radical (unpaired) electrons. The van der Waals surface area contributed by atoms with E-state index < -0.39 is 0 Å². The first-order valence-electron chi connectivity index (χ1n) is 19.8. The Morgan fingerprint density at radius 1 is 0.450 bits per heavy atom. The molecular formula is C53H27N7. The number of pyridine rings is 3. The van der Waals surface area contributed by atoms with Crippen LogP contribution >= 0.6 is 0 Å². The quantitative estimate of drug-likeness (QED) is 0.132. The van der Waals surface area contributed by atoms with Gasteiger partial charge in [-0.3, -0.25) is 9.55 Å². The molecule has 274 valence electrons. The van der Waals surface area contributed by atoms with Gasteiger partial charge >= 0.3 is 0 Å². The second kappa shape index (κ2) is 11.9. The maximum Gasteiger partial charge on any atom is 0.220 e. The van der Waals surface area contributed by atoms with Crippen molar-refractivity contribution >= 4 is 92.8 Å². The summed E-state index contributed by atoms with van der Waals surface area (Å²) in [7, 11) is 0. The van der Waals surface area contributed by atoms with E-state index in [0.717, 1.165) is 92.5 Å². The highest BCUT2D eigenvalue weighted by molar-refractivity contribution is 6.35. The molecule has 0 aliphatic carbocycles. The number of hydrogen-bond donors (Lipinski definition) is 0. The van der Waals surface area contributed by atoms with Gasteiger partial charge in [-0.15, -0.1) is 0 Å². The fraction of sp³-hybridized carbons (Fsp3) is 0. The van der Waals surface area contributed by atoms with E-state index in [0.29, 0.717) is 39.5 Å². The minimum absolute atomic E-state index is 0.368. The lowest BCUT2D eigenvalue weighted by Gasteiger charge is -2.25. The molecule has 13 aromatic rings. The fourth-order valence-corrected chi connectivity index (χ4v) is 10.2. The Balaban J connectivity index is 1.33. The second-order valence-corrected chi connectivity index (χ2v) is 15.3. The topological polar surface area (TPSA) is 76.7 Å². The van der Waals surface area contributed by atoms with Crippen LogP contribution in [0.25, 0.3) is 126 Å². The Kier molecular flexibility index (Phi) is 6.45. The largest absolute Gasteiger partial charge is 0.318 e. The molecule has 0 bridgehead atoms. The molecule has 5 aromatic heterocycles. The highest BCUT2D eigenvalue weighted by Gasteiger charge is 2.33. The summed E-state index contributed by atoms with van der Waals surface area (Å²) in [5.41, 5.74) is 9.17. The van der Waals surface area contributed by atoms with Gasteiger partial charge in [-0.05, 0) is 68.4 Å². The van der Waals surface area contributed by atoms with Crippen LogP contribution in [-0.2, 0) is 0 Å². The Morgan fingerprint density at radius 3 is 1.60 bits per heavy atom. The van der Waals surface area contributed by atoms with E-state index in [1.54, 1.807) is 0 Å². The number of nitriles is 1. The average molecular weight is 762 g/mol. The third-order valence-corrected chi connectivity index (χ3v) is 12.4. The second-order valence-electron chi connectivity index (χ2n) is 15.3. The van der Waals surface area contributed by atoms with Crippen molar-refractivity contribution in [1.82, 2.24) is 24.1 Å². The summed E-state index contributed by atoms with van der Waals surface area (Å²) in [5.74, 6) is 0. The van der Waals surface area contributed by atoms with Gasteiger partial charge in [-0.1, -0.05) is 115 Å². The van der Waals surface area contributed by atoms with Gasteiger partial charge in [0.2, 0.25) is 5.69 Å². The van der Waals surface area contributed by atoms with Crippen LogP contribution in [0, 0.1) is 17.9 Å². The molecule has 7 nitrogen and oxygen atoms in total. The minimum Gasteiger partial charge on any atom is -0.318 e. The maximum absolute atomic E-state index is 11.7. The van der Waals surface area contributed by atoms with Crippen LogP contribution in [0.1, 0.15) is 5.56 Å². The number of hydrogen-bond acceptors (Lipinski definition) is 4. The number of rotatable bonds is 4. The molecule has 0 saturated carbocycles. The summed E-state index contributed by atoms with van der Waals surface area (Å²) in [6.45, 7) is 9.13. The van der Waals surface area contributed by atoms with Crippen molar-refractivity contribution in [2.45, 2.75) is 0 Å². The molecule has 0 fully saturated rings. The van der Waals surface area contributed by atoms with Gasteiger partial charge in [-0.25, -0.2) is 14.8 Å². The Hall–Kier alpha value is -8.65. The fourth-order valence-electron chi connectivity index (χ4n) is 10.2. The van der Waals surface area contributed by atoms with Gasteiger partial charge in [0, 0.05) is 62.0 Å². The van der Waals surface area contributed by atoms with Crippen LogP contribution in [-0.4, -0.2) is 24.1 Å². The number of aromatic nitrogens is 5. The number of nitrogens with zero attached hydrogens (tertiary/aromatic N) is 7. The summed E-state index contributed by atoms with van der Waals surface area (Å²) in [4.78, 5) is 19.7. The predicted octanol–water partition coefficient (Wildman–Crippen LogP) is 13.3. The summed E-state index contributed by atoms with van der Waals surface area (Å²) in [5, 5.41) is 23.4. The summed E-state index contributed by atoms with van der Waals surface area (Å²) >= 11 is 0. The van der Waals surface area contributed by atoms with Crippen molar-refractivity contribution in [3.63, 3.8) is 0 Å². The van der Waals surface area contributed by atoms with Crippen molar-refractivity contribution < 1.29 is 0 Å². The third-order valence-electron chi connectivity index (χ3n) is 12.4. The zero-order valence-electron chi connectivity index (χ0n) is 31.7. The Labute approximate surface area is 341 Å². The van der Waals surface area contributed by atoms with E-state index >= 15 is 0 Å². The van der Waals surface area contributed by atoms with Crippen LogP contribution in [0.2, 0.25) is 0 Å². The van der Waals surface area contributed by atoms with Crippen LogP contribution in [0.4, 0.5) is 5.69 Å². The Morgan fingerprint density at radius 2 is 0.983 bits per heavy atom. The molecule has 0 aliphatic rings. The van der Waals surface area contributed by atoms with Crippen LogP contribution in [0.15, 0.2) is 164 Å². The molecule has 0 atom stereocenters. The zero-order chi connectivity index (χ0) is 39.6. The third kappa shape index (κ3) is 4.02. The zero-order valence-corrected chi connectivity index (χ0v) is 31.7. The SMILES string of the molecule is [C-]#[N+]c1c(-c2ccccc2)c(C#N)c(-n2c3nccc4c5ccccc5c5ccnc2c5c43)c(-c2ccccc2)c1-n1c2cccc3c4cccnc4c4cccc1c4c32. The lowest BCUT2D eigenvalue weighted by molar-refractivity contribution is 1.09. The molecule has 0 amide bonds. The molecule has 60 heavy (non-hydrogen) atoms. The molecule has 0 N–H and O–H groups in total. The first kappa shape index (κ1) is 32.4. The molecule has 0 aliphatic heterocycles. The molecule has 7 heteroatoms. The van der Waals surface area contributed by atoms with Gasteiger partial charge < -0.3 is 4.57 Å². The van der Waals surface area contributed by atoms with Crippen LogP contribution < -0.4 is 0 Å². The molecule has 0 unspecified atom stereocenters. The van der Waals surface area contributed by atoms with Gasteiger partial charge in [0.1, 0.15) is 17.4 Å². The number of fused-ring (bicyclic) bond motifs is 6. The van der Waals surface area contributed by atoms with Crippen molar-refractivity contribution in [3.05, 3.63) is 181 Å². The van der Waals surface area contributed by atoms with Crippen molar-refractivity contribution in [2.75, 3.05) is 0 Å². The summed E-state index contributed by atoms with van der Waals surface area (Å²) in [6, 6.07) is 52.2. The van der Waals surface area contributed by atoms with Gasteiger partial charge in [0.25, 0.3) is 0 Å². The normalized spacial score (nSPS) is 12.0. The molecule has 0 spiro atoms. The standard InChI is InChI=1S/C53H27N7/c1-55-49-42(30-13-4-2-5-14-30)39(29-54)50(60-52-46-35(24-27-57-52)32-17-8-9-18-33(32)36-25-28-58-53(60)47(36)46)43(31-15-6-3-7-16-31)51(49)59-40-22-10-19-34-37-21-12-26-56-48(37)38-20-11-23-41(59)45(38)44(34)40/h2-28H. The lowest BCUT2D eigenvalue weighted by atomic mass is 9.88.